The zero-order chi connectivity index (χ0) is 10.2. The van der Waals surface area contributed by atoms with Gasteiger partial charge < -0.3 is 10.5 Å². The van der Waals surface area contributed by atoms with E-state index < -0.39 is 0 Å². The van der Waals surface area contributed by atoms with E-state index >= 15 is 0 Å². The van der Waals surface area contributed by atoms with Gasteiger partial charge >= 0.3 is 0 Å². The minimum atomic E-state index is -0.258. The van der Waals surface area contributed by atoms with Crippen LogP contribution in [-0.4, -0.2) is 12.7 Å². The van der Waals surface area contributed by atoms with Crippen molar-refractivity contribution in [2.45, 2.75) is 31.9 Å². The zero-order valence-corrected chi connectivity index (χ0v) is 8.79. The molecule has 0 bridgehead atoms. The molecule has 2 nitrogen and oxygen atoms in total. The van der Waals surface area contributed by atoms with Crippen molar-refractivity contribution < 1.29 is 4.74 Å². The van der Waals surface area contributed by atoms with Crippen LogP contribution in [0, 0.1) is 0 Å². The van der Waals surface area contributed by atoms with E-state index in [0.717, 1.165) is 13.0 Å². The molecule has 0 aliphatic carbocycles. The van der Waals surface area contributed by atoms with Crippen molar-refractivity contribution in [3.63, 3.8) is 0 Å². The van der Waals surface area contributed by atoms with Gasteiger partial charge in [-0.15, -0.1) is 0 Å². The molecule has 1 aliphatic heterocycles. The topological polar surface area (TPSA) is 38.5 Å². The summed E-state index contributed by atoms with van der Waals surface area (Å²) in [6, 6.07) is 8.36. The lowest BCUT2D eigenvalue weighted by Crippen LogP contribution is -2.30. The van der Waals surface area contributed by atoms with Gasteiger partial charge in [-0.25, -0.2) is 0 Å². The summed E-state index contributed by atoms with van der Waals surface area (Å²) in [7, 11) is 0. The maximum absolute atomic E-state index is 6.11. The van der Waals surface area contributed by atoms with E-state index in [4.69, 9.17) is 10.5 Å². The van der Waals surface area contributed by atoms with Crippen LogP contribution >= 0.6 is 0 Å². The monoisotopic (exact) mass is 191 g/mol. The van der Waals surface area contributed by atoms with Crippen molar-refractivity contribution in [2.75, 3.05) is 6.61 Å². The SMILES string of the molecule is CC(C)(N)c1ccccc1CC1CO1. The molecule has 1 fully saturated rings. The summed E-state index contributed by atoms with van der Waals surface area (Å²) < 4.78 is 5.24. The van der Waals surface area contributed by atoms with Gasteiger partial charge in [0.2, 0.25) is 0 Å². The molecule has 1 saturated heterocycles. The summed E-state index contributed by atoms with van der Waals surface area (Å²) in [5.41, 5.74) is 8.41. The molecule has 0 saturated carbocycles. The predicted octanol–water partition coefficient (Wildman–Crippen LogP) is 1.82. The van der Waals surface area contributed by atoms with Crippen LogP contribution in [0.4, 0.5) is 0 Å². The average molecular weight is 191 g/mol. The standard InChI is InChI=1S/C12H17NO/c1-12(2,13)11-6-4-3-5-9(11)7-10-8-14-10/h3-6,10H,7-8,13H2,1-2H3. The Hall–Kier alpha value is -0.860. The van der Waals surface area contributed by atoms with Crippen LogP contribution in [0.3, 0.4) is 0 Å². The van der Waals surface area contributed by atoms with E-state index in [0.29, 0.717) is 6.10 Å². The third kappa shape index (κ3) is 2.14. The quantitative estimate of drug-likeness (QED) is 0.740. The number of rotatable bonds is 3. The minimum Gasteiger partial charge on any atom is -0.373 e. The largest absolute Gasteiger partial charge is 0.373 e. The van der Waals surface area contributed by atoms with Crippen LogP contribution in [0.1, 0.15) is 25.0 Å². The van der Waals surface area contributed by atoms with E-state index in [1.165, 1.54) is 11.1 Å². The van der Waals surface area contributed by atoms with Gasteiger partial charge in [-0.1, -0.05) is 24.3 Å². The van der Waals surface area contributed by atoms with Crippen LogP contribution in [0.15, 0.2) is 24.3 Å². The van der Waals surface area contributed by atoms with Gasteiger partial charge in [0.1, 0.15) is 0 Å². The molecule has 76 valence electrons. The highest BCUT2D eigenvalue weighted by Crippen LogP contribution is 2.25. The number of benzene rings is 1. The van der Waals surface area contributed by atoms with Gasteiger partial charge in [0, 0.05) is 12.0 Å². The van der Waals surface area contributed by atoms with Gasteiger partial charge in [-0.3, -0.25) is 0 Å². The molecule has 14 heavy (non-hydrogen) atoms. The molecule has 2 rings (SSSR count). The van der Waals surface area contributed by atoms with Gasteiger partial charge in [0.25, 0.3) is 0 Å². The molecule has 0 amide bonds. The van der Waals surface area contributed by atoms with E-state index in [1.807, 2.05) is 19.9 Å². The van der Waals surface area contributed by atoms with Crippen LogP contribution < -0.4 is 5.73 Å². The third-order valence-electron chi connectivity index (χ3n) is 2.56. The summed E-state index contributed by atoms with van der Waals surface area (Å²) in [5, 5.41) is 0. The molecule has 1 atom stereocenters. The van der Waals surface area contributed by atoms with Gasteiger partial charge in [0.15, 0.2) is 0 Å². The first kappa shape index (κ1) is 9.69. The van der Waals surface area contributed by atoms with Crippen molar-refractivity contribution in [3.8, 4) is 0 Å². The summed E-state index contributed by atoms with van der Waals surface area (Å²) in [6.07, 6.45) is 1.43. The second kappa shape index (κ2) is 3.37. The summed E-state index contributed by atoms with van der Waals surface area (Å²) in [6.45, 7) is 4.98. The summed E-state index contributed by atoms with van der Waals surface area (Å²) >= 11 is 0. The number of hydrogen-bond donors (Lipinski definition) is 1. The highest BCUT2D eigenvalue weighted by atomic mass is 16.6. The Morgan fingerprint density at radius 1 is 1.43 bits per heavy atom. The molecule has 1 unspecified atom stereocenters. The Kier molecular flexibility index (Phi) is 2.33. The van der Waals surface area contributed by atoms with Crippen molar-refractivity contribution in [1.29, 1.82) is 0 Å². The minimum absolute atomic E-state index is 0.258. The fourth-order valence-corrected chi connectivity index (χ4v) is 1.76. The van der Waals surface area contributed by atoms with E-state index in [2.05, 4.69) is 18.2 Å². The fourth-order valence-electron chi connectivity index (χ4n) is 1.76. The van der Waals surface area contributed by atoms with Gasteiger partial charge in [-0.05, 0) is 25.0 Å². The van der Waals surface area contributed by atoms with E-state index in [-0.39, 0.29) is 5.54 Å². The Labute approximate surface area is 85.1 Å². The Balaban J connectivity index is 2.27. The molecule has 2 N–H and O–H groups in total. The van der Waals surface area contributed by atoms with E-state index in [1.54, 1.807) is 0 Å². The Morgan fingerprint density at radius 2 is 2.07 bits per heavy atom. The lowest BCUT2D eigenvalue weighted by molar-refractivity contribution is 0.406. The molecule has 1 aromatic carbocycles. The second-order valence-corrected chi connectivity index (χ2v) is 4.54. The first-order valence-electron chi connectivity index (χ1n) is 5.06. The predicted molar refractivity (Wildman–Crippen MR) is 57.1 cm³/mol. The van der Waals surface area contributed by atoms with Crippen LogP contribution in [0.25, 0.3) is 0 Å². The molecular formula is C12H17NO. The third-order valence-corrected chi connectivity index (χ3v) is 2.56. The molecule has 0 aromatic heterocycles. The molecule has 2 heteroatoms. The summed E-state index contributed by atoms with van der Waals surface area (Å²) in [5.74, 6) is 0. The smallest absolute Gasteiger partial charge is 0.0850 e. The molecule has 0 radical (unpaired) electrons. The number of nitrogens with two attached hydrogens (primary N) is 1. The molecular weight excluding hydrogens is 174 g/mol. The van der Waals surface area contributed by atoms with E-state index in [9.17, 15) is 0 Å². The normalized spacial score (nSPS) is 20.9. The molecule has 1 aromatic rings. The maximum Gasteiger partial charge on any atom is 0.0850 e. The lowest BCUT2D eigenvalue weighted by Gasteiger charge is -2.22. The second-order valence-electron chi connectivity index (χ2n) is 4.54. The highest BCUT2D eigenvalue weighted by molar-refractivity contribution is 5.33. The van der Waals surface area contributed by atoms with Crippen molar-refractivity contribution in [3.05, 3.63) is 35.4 Å². The number of epoxide rings is 1. The first-order valence-corrected chi connectivity index (χ1v) is 5.06. The average Bonchev–Trinajstić information content (AvgIpc) is 2.87. The Morgan fingerprint density at radius 3 is 2.64 bits per heavy atom. The molecule has 1 heterocycles. The van der Waals surface area contributed by atoms with Crippen molar-refractivity contribution in [1.82, 2.24) is 0 Å². The molecule has 1 aliphatic rings. The molecule has 0 spiro atoms. The summed E-state index contributed by atoms with van der Waals surface area (Å²) in [4.78, 5) is 0. The number of hydrogen-bond acceptors (Lipinski definition) is 2. The fraction of sp³-hybridized carbons (Fsp3) is 0.500. The first-order chi connectivity index (χ1) is 6.57. The van der Waals surface area contributed by atoms with Crippen LogP contribution in [-0.2, 0) is 16.7 Å². The van der Waals surface area contributed by atoms with Crippen LogP contribution in [0.2, 0.25) is 0 Å². The Bertz CT molecular complexity index is 323. The van der Waals surface area contributed by atoms with Crippen molar-refractivity contribution >= 4 is 0 Å². The van der Waals surface area contributed by atoms with Gasteiger partial charge in [-0.2, -0.15) is 0 Å². The van der Waals surface area contributed by atoms with Gasteiger partial charge in [0.05, 0.1) is 12.7 Å². The zero-order valence-electron chi connectivity index (χ0n) is 8.79. The van der Waals surface area contributed by atoms with Crippen LogP contribution in [0.5, 0.6) is 0 Å². The highest BCUT2D eigenvalue weighted by Gasteiger charge is 2.26. The maximum atomic E-state index is 6.11. The van der Waals surface area contributed by atoms with Crippen molar-refractivity contribution in [2.24, 2.45) is 5.73 Å². The number of ether oxygens (including phenoxy) is 1. The lowest BCUT2D eigenvalue weighted by atomic mass is 9.89.